The molecule has 0 saturated carbocycles. The Bertz CT molecular complexity index is 2100. The van der Waals surface area contributed by atoms with Gasteiger partial charge >= 0.3 is 77.9 Å². The molecule has 1 aliphatic heterocycles. The zero-order chi connectivity index (χ0) is 52.0. The van der Waals surface area contributed by atoms with Gasteiger partial charge in [-0.2, -0.15) is 92.2 Å². The van der Waals surface area contributed by atoms with Crippen molar-refractivity contribution < 1.29 is 136 Å². The summed E-state index contributed by atoms with van der Waals surface area (Å²) in [6.07, 6.45) is -22.7. The normalized spacial score (nSPS) is 13.8. The highest BCUT2D eigenvalue weighted by molar-refractivity contribution is 7.13. The third-order valence-electron chi connectivity index (χ3n) is 7.36. The zero-order valence-corrected chi connectivity index (χ0v) is 33.2. The number of fused-ring (bicyclic) bond motifs is 1. The number of amides is 1. The molecule has 1 amide bonds. The first-order valence-electron chi connectivity index (χ1n) is 15.9. The molecule has 11 nitrogen and oxygen atoms in total. The number of cyclic esters (lactones) is 2. The van der Waals surface area contributed by atoms with E-state index in [1.54, 1.807) is 11.4 Å². The number of carboxylic acids is 2. The van der Waals surface area contributed by atoms with Gasteiger partial charge in [0, 0.05) is 18.4 Å². The lowest BCUT2D eigenvalue weighted by molar-refractivity contribution is -0.355. The van der Waals surface area contributed by atoms with E-state index >= 15 is 0 Å². The number of aromatic carboxylic acids is 2. The van der Waals surface area contributed by atoms with Crippen LogP contribution < -0.4 is 11.1 Å². The van der Waals surface area contributed by atoms with Gasteiger partial charge in [0.05, 0.1) is 24.2 Å². The summed E-state index contributed by atoms with van der Waals surface area (Å²) in [7, 11) is 0. The fraction of sp³-hybridized carbons (Fsp3) is 0.419. The third kappa shape index (κ3) is 13.2. The number of carbonyl (C=O) groups is 6. The molecule has 1 aliphatic rings. The van der Waals surface area contributed by atoms with Gasteiger partial charge in [0.2, 0.25) is 0 Å². The number of halogens is 21. The van der Waals surface area contributed by atoms with Gasteiger partial charge < -0.3 is 26.0 Å². The summed E-state index contributed by atoms with van der Waals surface area (Å²) in [5.74, 6) is -42.0. The summed E-state index contributed by atoms with van der Waals surface area (Å²) in [5, 5.41) is 22.5. The van der Waals surface area contributed by atoms with Crippen molar-refractivity contribution in [2.75, 3.05) is 13.1 Å². The number of rotatable bonds is 13. The average Bonchev–Trinajstić information content (AvgIpc) is 3.99. The van der Waals surface area contributed by atoms with Crippen molar-refractivity contribution in [3.8, 4) is 0 Å². The van der Waals surface area contributed by atoms with Crippen LogP contribution in [0.4, 0.5) is 92.2 Å². The summed E-state index contributed by atoms with van der Waals surface area (Å²) in [4.78, 5) is 65.1. The molecule has 4 rings (SSSR count). The molecule has 3 aromatic heterocycles. The number of nitrogens with one attached hydrogen (secondary N) is 1. The maximum Gasteiger partial charge on any atom is 0.459 e. The SMILES string of the molecule is NCC(F)(F)C(F)(F)C(F)(F)F.O=C(CCC(F)(F)C(F)(F)C(F)(F)F)c1ccsc1C(=O)O.O=C(O)c1ccsc1C(=O)NCC(F)(F)C(F)(F)C(F)(F)F.O=C1OC(=O)c2sccc21. The van der Waals surface area contributed by atoms with Gasteiger partial charge in [-0.05, 0) is 34.3 Å². The molecule has 0 unspecified atom stereocenters. The van der Waals surface area contributed by atoms with E-state index in [0.29, 0.717) is 33.1 Å². The molecule has 0 aliphatic carbocycles. The number of nitrogens with two attached hydrogens (primary N) is 1. The summed E-state index contributed by atoms with van der Waals surface area (Å²) in [5.41, 5.74) is 3.36. The first kappa shape index (κ1) is 58.8. The fourth-order valence-corrected chi connectivity index (χ4v) is 6.16. The number of ether oxygens (including phenoxy) is 1. The van der Waals surface area contributed by atoms with Gasteiger partial charge in [0.15, 0.2) is 5.78 Å². The minimum Gasteiger partial charge on any atom is -0.478 e. The van der Waals surface area contributed by atoms with Crippen LogP contribution in [0.15, 0.2) is 34.3 Å². The summed E-state index contributed by atoms with van der Waals surface area (Å²) in [6, 6.07) is 3.51. The highest BCUT2D eigenvalue weighted by Crippen LogP contribution is 2.49. The van der Waals surface area contributed by atoms with Crippen molar-refractivity contribution in [3.05, 3.63) is 65.7 Å². The van der Waals surface area contributed by atoms with Gasteiger partial charge in [-0.15, -0.1) is 34.0 Å². The molecule has 0 saturated heterocycles. The highest BCUT2D eigenvalue weighted by Gasteiger charge is 2.74. The van der Waals surface area contributed by atoms with Crippen LogP contribution in [0.3, 0.4) is 0 Å². The van der Waals surface area contributed by atoms with E-state index in [1.807, 2.05) is 0 Å². The Morgan fingerprint density at radius 3 is 1.39 bits per heavy atom. The molecule has 5 N–H and O–H groups in total. The molecule has 4 heterocycles. The maximum absolute atomic E-state index is 13.0. The molecule has 0 spiro atoms. The Hall–Kier alpha value is -5.19. The highest BCUT2D eigenvalue weighted by atomic mass is 32.1. The lowest BCUT2D eigenvalue weighted by atomic mass is 10.0. The smallest absolute Gasteiger partial charge is 0.459 e. The van der Waals surface area contributed by atoms with Crippen molar-refractivity contribution in [3.63, 3.8) is 0 Å². The second-order valence-electron chi connectivity index (χ2n) is 11.9. The summed E-state index contributed by atoms with van der Waals surface area (Å²) >= 11 is 2.32. The molecular formula is C31H19F21N2O9S3. The van der Waals surface area contributed by atoms with E-state index in [9.17, 15) is 121 Å². The van der Waals surface area contributed by atoms with Crippen LogP contribution in [-0.4, -0.2) is 113 Å². The molecule has 35 heteroatoms. The van der Waals surface area contributed by atoms with Crippen molar-refractivity contribution in [1.82, 2.24) is 5.32 Å². The number of thiophene rings is 3. The number of carboxylic acid groups (broad SMARTS) is 2. The van der Waals surface area contributed by atoms with E-state index < -0.39 is 136 Å². The largest absolute Gasteiger partial charge is 0.478 e. The van der Waals surface area contributed by atoms with Gasteiger partial charge in [-0.25, -0.2) is 19.2 Å². The second kappa shape index (κ2) is 20.8. The number of carbonyl (C=O) groups excluding carboxylic acids is 4. The van der Waals surface area contributed by atoms with E-state index in [4.69, 9.17) is 10.2 Å². The van der Waals surface area contributed by atoms with E-state index in [0.717, 1.165) is 22.9 Å². The topological polar surface area (TPSA) is 190 Å². The Kier molecular flexibility index (Phi) is 18.5. The maximum atomic E-state index is 13.0. The minimum absolute atomic E-state index is 0.398. The lowest BCUT2D eigenvalue weighted by Crippen LogP contribution is -2.56. The first-order valence-corrected chi connectivity index (χ1v) is 18.5. The number of Topliss-reactive ketones (excluding diaryl/α,β-unsaturated/α-hetero) is 1. The van der Waals surface area contributed by atoms with Crippen molar-refractivity contribution >= 4 is 69.6 Å². The minimum atomic E-state index is -6.50. The van der Waals surface area contributed by atoms with Crippen molar-refractivity contribution in [2.24, 2.45) is 5.73 Å². The van der Waals surface area contributed by atoms with Gasteiger partial charge in [-0.3, -0.25) is 9.59 Å². The predicted molar refractivity (Wildman–Crippen MR) is 179 cm³/mol. The molecule has 3 aromatic rings. The third-order valence-corrected chi connectivity index (χ3v) is 10.1. The van der Waals surface area contributed by atoms with Gasteiger partial charge in [-0.1, -0.05) is 0 Å². The summed E-state index contributed by atoms with van der Waals surface area (Å²) < 4.78 is 259. The van der Waals surface area contributed by atoms with Crippen LogP contribution in [0.1, 0.15) is 72.9 Å². The van der Waals surface area contributed by atoms with Crippen LogP contribution in [0, 0.1) is 0 Å². The number of hydrogen-bond donors (Lipinski definition) is 4. The van der Waals surface area contributed by atoms with Gasteiger partial charge in [0.1, 0.15) is 14.6 Å². The molecule has 66 heavy (non-hydrogen) atoms. The standard InChI is InChI=1S/C11H7F7O3S.C10H6F7NO3S.C6H2O3S.C4H4F7N/c12-9(13,10(14,15)11(16,17)18)3-1-6(19)5-2-4-22-7(5)8(20)21;11-8(12,9(13,14)10(15,16)17)3-18-6(19)5-4(7(20)21)1-2-22-5;7-5-3-1-2-10-4(3)6(8)9-5;5-2(6,1-12)3(7,8)4(9,10)11/h2,4H,1,3H2,(H,20,21);1-2H,3H2,(H,18,19)(H,20,21);1-2H;1,12H2. The van der Waals surface area contributed by atoms with E-state index in [-0.39, 0.29) is 0 Å². The van der Waals surface area contributed by atoms with E-state index in [2.05, 4.69) is 10.5 Å². The van der Waals surface area contributed by atoms with Crippen LogP contribution in [0.25, 0.3) is 0 Å². The van der Waals surface area contributed by atoms with Crippen LogP contribution in [-0.2, 0) is 4.74 Å². The average molecular weight is 1060 g/mol. The number of esters is 2. The monoisotopic (exact) mass is 1060 g/mol. The number of alkyl halides is 21. The zero-order valence-electron chi connectivity index (χ0n) is 30.8. The number of hydrogen-bond acceptors (Lipinski definition) is 11. The molecule has 0 radical (unpaired) electrons. The van der Waals surface area contributed by atoms with Crippen molar-refractivity contribution in [2.45, 2.75) is 66.9 Å². The fourth-order valence-electron chi connectivity index (χ4n) is 3.86. The predicted octanol–water partition coefficient (Wildman–Crippen LogP) is 10.1. The Labute approximate surface area is 361 Å². The molecule has 0 atom stereocenters. The Balaban J connectivity index is 0.000000462. The van der Waals surface area contributed by atoms with Gasteiger partial charge in [0.25, 0.3) is 5.91 Å². The first-order chi connectivity index (χ1) is 29.5. The molecule has 0 bridgehead atoms. The second-order valence-corrected chi connectivity index (χ2v) is 14.7. The summed E-state index contributed by atoms with van der Waals surface area (Å²) in [6.45, 7) is -4.37. The van der Waals surface area contributed by atoms with Crippen LogP contribution in [0.2, 0.25) is 0 Å². The lowest BCUT2D eigenvalue weighted by Gasteiger charge is -2.28. The van der Waals surface area contributed by atoms with Crippen LogP contribution in [0.5, 0.6) is 0 Å². The number of ketones is 1. The molecule has 0 fully saturated rings. The Morgan fingerprint density at radius 2 is 0.985 bits per heavy atom. The molecule has 372 valence electrons. The van der Waals surface area contributed by atoms with E-state index in [1.165, 1.54) is 16.7 Å². The molecular weight excluding hydrogens is 1040 g/mol. The van der Waals surface area contributed by atoms with Crippen LogP contribution >= 0.6 is 34.0 Å². The Morgan fingerprint density at radius 1 is 0.561 bits per heavy atom. The molecule has 0 aromatic carbocycles. The quantitative estimate of drug-likeness (QED) is 0.0555. The van der Waals surface area contributed by atoms with Crippen molar-refractivity contribution in [1.29, 1.82) is 0 Å².